The summed E-state index contributed by atoms with van der Waals surface area (Å²) in [6.07, 6.45) is 0. The Morgan fingerprint density at radius 1 is 1.12 bits per heavy atom. The van der Waals surface area contributed by atoms with Crippen LogP contribution in [0.3, 0.4) is 0 Å². The van der Waals surface area contributed by atoms with Crippen molar-refractivity contribution in [2.24, 2.45) is 0 Å². The molecule has 166 valence electrons. The molecule has 0 bridgehead atoms. The van der Waals surface area contributed by atoms with E-state index in [9.17, 15) is 10.1 Å². The van der Waals surface area contributed by atoms with Gasteiger partial charge in [0.05, 0.1) is 17.0 Å². The van der Waals surface area contributed by atoms with Crippen molar-refractivity contribution in [1.29, 1.82) is 5.26 Å². The van der Waals surface area contributed by atoms with Crippen LogP contribution in [0.1, 0.15) is 27.9 Å². The van der Waals surface area contributed by atoms with E-state index >= 15 is 0 Å². The first kappa shape index (κ1) is 22.3. The average molecular weight is 458 g/mol. The van der Waals surface area contributed by atoms with Gasteiger partial charge in [-0.15, -0.1) is 5.10 Å². The van der Waals surface area contributed by atoms with Crippen LogP contribution >= 0.6 is 11.8 Å². The summed E-state index contributed by atoms with van der Waals surface area (Å²) in [5.74, 6) is 0.314. The number of nitrogens with zero attached hydrogens (tertiary/aromatic N) is 6. The highest BCUT2D eigenvalue weighted by molar-refractivity contribution is 7.99. The molecule has 1 N–H and O–H groups in total. The van der Waals surface area contributed by atoms with E-state index in [0.717, 1.165) is 33.8 Å². The van der Waals surface area contributed by atoms with Crippen LogP contribution in [-0.2, 0) is 4.79 Å². The molecule has 8 nitrogen and oxygen atoms in total. The second-order valence-electron chi connectivity index (χ2n) is 7.72. The first-order valence-corrected chi connectivity index (χ1v) is 11.4. The maximum atomic E-state index is 12.9. The van der Waals surface area contributed by atoms with E-state index in [-0.39, 0.29) is 11.7 Å². The van der Waals surface area contributed by atoms with Crippen molar-refractivity contribution in [1.82, 2.24) is 24.8 Å². The second kappa shape index (κ2) is 9.30. The fourth-order valence-corrected chi connectivity index (χ4v) is 4.31. The van der Waals surface area contributed by atoms with Crippen molar-refractivity contribution in [2.45, 2.75) is 32.9 Å². The minimum absolute atomic E-state index is 0.0914. The standard InChI is InChI=1S/C24H23N7OS/c1-15-10-11-16(2)21(12-15)31-24(27-28-29-31)33-14-22(32)26-23-20(13-25)17(3)18(4)30(23)19-8-6-5-7-9-19/h5-12H,14H2,1-4H3,(H,26,32). The fourth-order valence-electron chi connectivity index (χ4n) is 3.63. The van der Waals surface area contributed by atoms with Gasteiger partial charge in [0.25, 0.3) is 0 Å². The van der Waals surface area contributed by atoms with Crippen LogP contribution in [-0.4, -0.2) is 36.4 Å². The van der Waals surface area contributed by atoms with E-state index < -0.39 is 0 Å². The van der Waals surface area contributed by atoms with Crippen LogP contribution in [0.15, 0.2) is 53.7 Å². The number of carbonyl (C=O) groups excluding carboxylic acids is 1. The number of carbonyl (C=O) groups is 1. The van der Waals surface area contributed by atoms with E-state index in [0.29, 0.717) is 16.5 Å². The Hall–Kier alpha value is -3.90. The third kappa shape index (κ3) is 4.38. The molecule has 2 aromatic heterocycles. The molecule has 2 aromatic carbocycles. The number of para-hydroxylation sites is 1. The Kier molecular flexibility index (Phi) is 6.29. The first-order chi connectivity index (χ1) is 15.9. The van der Waals surface area contributed by atoms with Gasteiger partial charge in [0.2, 0.25) is 11.1 Å². The smallest absolute Gasteiger partial charge is 0.236 e. The van der Waals surface area contributed by atoms with Crippen molar-refractivity contribution in [3.8, 4) is 17.4 Å². The third-order valence-electron chi connectivity index (χ3n) is 5.46. The lowest BCUT2D eigenvalue weighted by atomic mass is 10.1. The molecule has 33 heavy (non-hydrogen) atoms. The normalized spacial score (nSPS) is 10.8. The summed E-state index contributed by atoms with van der Waals surface area (Å²) in [7, 11) is 0. The Bertz CT molecular complexity index is 1370. The number of aromatic nitrogens is 5. The topological polar surface area (TPSA) is 101 Å². The average Bonchev–Trinajstić information content (AvgIpc) is 3.37. The van der Waals surface area contributed by atoms with E-state index in [1.165, 1.54) is 11.8 Å². The molecule has 0 unspecified atom stereocenters. The number of nitrogens with one attached hydrogen (secondary N) is 1. The fraction of sp³-hybridized carbons (Fsp3) is 0.208. The van der Waals surface area contributed by atoms with Crippen LogP contribution < -0.4 is 5.32 Å². The van der Waals surface area contributed by atoms with Crippen molar-refractivity contribution >= 4 is 23.5 Å². The van der Waals surface area contributed by atoms with Gasteiger partial charge < -0.3 is 5.32 Å². The number of benzene rings is 2. The molecule has 0 atom stereocenters. The van der Waals surface area contributed by atoms with Crippen molar-refractivity contribution in [2.75, 3.05) is 11.1 Å². The van der Waals surface area contributed by atoms with Crippen molar-refractivity contribution < 1.29 is 4.79 Å². The monoisotopic (exact) mass is 457 g/mol. The molecule has 0 saturated carbocycles. The summed E-state index contributed by atoms with van der Waals surface area (Å²) in [6, 6.07) is 17.9. The number of tetrazole rings is 1. The maximum absolute atomic E-state index is 12.9. The zero-order valence-corrected chi connectivity index (χ0v) is 19.6. The zero-order chi connectivity index (χ0) is 23.5. The van der Waals surface area contributed by atoms with E-state index in [2.05, 4.69) is 26.9 Å². The minimum atomic E-state index is -0.248. The molecule has 0 aliphatic carbocycles. The molecule has 9 heteroatoms. The van der Waals surface area contributed by atoms with E-state index in [4.69, 9.17) is 0 Å². The lowest BCUT2D eigenvalue weighted by Gasteiger charge is -2.13. The largest absolute Gasteiger partial charge is 0.310 e. The molecular weight excluding hydrogens is 434 g/mol. The van der Waals surface area contributed by atoms with Gasteiger partial charge in [-0.1, -0.05) is 42.1 Å². The minimum Gasteiger partial charge on any atom is -0.310 e. The van der Waals surface area contributed by atoms with Crippen LogP contribution in [0, 0.1) is 39.0 Å². The van der Waals surface area contributed by atoms with Gasteiger partial charge in [0.1, 0.15) is 11.9 Å². The first-order valence-electron chi connectivity index (χ1n) is 10.4. The molecule has 1 amide bonds. The summed E-state index contributed by atoms with van der Waals surface area (Å²) in [5.41, 5.74) is 6.07. The lowest BCUT2D eigenvalue weighted by molar-refractivity contribution is -0.113. The van der Waals surface area contributed by atoms with Crippen molar-refractivity contribution in [3.63, 3.8) is 0 Å². The molecule has 0 saturated heterocycles. The Morgan fingerprint density at radius 3 is 2.61 bits per heavy atom. The quantitative estimate of drug-likeness (QED) is 0.434. The molecule has 0 aliphatic heterocycles. The molecule has 4 aromatic rings. The van der Waals surface area contributed by atoms with Crippen LogP contribution in [0.2, 0.25) is 0 Å². The molecule has 4 rings (SSSR count). The lowest BCUT2D eigenvalue weighted by Crippen LogP contribution is -2.18. The highest BCUT2D eigenvalue weighted by Crippen LogP contribution is 2.30. The number of nitriles is 1. The number of hydrogen-bond acceptors (Lipinski definition) is 6. The molecule has 0 radical (unpaired) electrons. The van der Waals surface area contributed by atoms with Gasteiger partial charge >= 0.3 is 0 Å². The number of anilines is 1. The number of aryl methyl sites for hydroxylation is 2. The van der Waals surface area contributed by atoms with Gasteiger partial charge in [0, 0.05) is 11.4 Å². The highest BCUT2D eigenvalue weighted by atomic mass is 32.2. The van der Waals surface area contributed by atoms with Crippen LogP contribution in [0.25, 0.3) is 11.4 Å². The molecule has 0 spiro atoms. The number of thioether (sulfide) groups is 1. The summed E-state index contributed by atoms with van der Waals surface area (Å²) >= 11 is 1.24. The number of hydrogen-bond donors (Lipinski definition) is 1. The summed E-state index contributed by atoms with van der Waals surface area (Å²) in [5, 5.41) is 25.2. The van der Waals surface area contributed by atoms with E-state index in [1.54, 1.807) is 4.68 Å². The molecule has 0 aliphatic rings. The molecular formula is C24H23N7OS. The summed E-state index contributed by atoms with van der Waals surface area (Å²) in [6.45, 7) is 7.82. The van der Waals surface area contributed by atoms with Gasteiger partial charge in [-0.2, -0.15) is 9.94 Å². The Balaban J connectivity index is 1.57. The Labute approximate surface area is 196 Å². The van der Waals surface area contributed by atoms with Gasteiger partial charge in [0.15, 0.2) is 0 Å². The number of amides is 1. The van der Waals surface area contributed by atoms with Crippen LogP contribution in [0.5, 0.6) is 0 Å². The van der Waals surface area contributed by atoms with Gasteiger partial charge in [-0.3, -0.25) is 9.36 Å². The highest BCUT2D eigenvalue weighted by Gasteiger charge is 2.21. The summed E-state index contributed by atoms with van der Waals surface area (Å²) < 4.78 is 3.54. The van der Waals surface area contributed by atoms with E-state index in [1.807, 2.05) is 80.8 Å². The maximum Gasteiger partial charge on any atom is 0.236 e. The summed E-state index contributed by atoms with van der Waals surface area (Å²) in [4.78, 5) is 12.9. The van der Waals surface area contributed by atoms with Crippen LogP contribution in [0.4, 0.5) is 5.82 Å². The predicted octanol–water partition coefficient (Wildman–Crippen LogP) is 4.29. The SMILES string of the molecule is Cc1ccc(C)c(-n2nnnc2SCC(=O)Nc2c(C#N)c(C)c(C)n2-c2ccccc2)c1. The van der Waals surface area contributed by atoms with Crippen molar-refractivity contribution in [3.05, 3.63) is 76.5 Å². The molecule has 0 fully saturated rings. The zero-order valence-electron chi connectivity index (χ0n) is 18.8. The molecule has 2 heterocycles. The van der Waals surface area contributed by atoms with Gasteiger partial charge in [-0.25, -0.2) is 0 Å². The third-order valence-corrected chi connectivity index (χ3v) is 6.38. The number of rotatable bonds is 6. The van der Waals surface area contributed by atoms with Gasteiger partial charge in [-0.05, 0) is 73.0 Å². The second-order valence-corrected chi connectivity index (χ2v) is 8.66. The Morgan fingerprint density at radius 2 is 1.88 bits per heavy atom. The predicted molar refractivity (Wildman–Crippen MR) is 128 cm³/mol.